The normalized spacial score (nSPS) is 10.6. The Labute approximate surface area is 126 Å². The summed E-state index contributed by atoms with van der Waals surface area (Å²) in [5, 5.41) is 8.95. The molecule has 0 fully saturated rings. The van der Waals surface area contributed by atoms with Crippen molar-refractivity contribution in [3.05, 3.63) is 35.6 Å². The van der Waals surface area contributed by atoms with Crippen LogP contribution in [0.3, 0.4) is 0 Å². The summed E-state index contributed by atoms with van der Waals surface area (Å²) >= 11 is 0. The largest absolute Gasteiger partial charge is 0.396 e. The van der Waals surface area contributed by atoms with Crippen molar-refractivity contribution in [3.63, 3.8) is 0 Å². The minimum Gasteiger partial charge on any atom is -0.396 e. The van der Waals surface area contributed by atoms with Gasteiger partial charge in [-0.2, -0.15) is 0 Å². The van der Waals surface area contributed by atoms with Crippen LogP contribution in [0.4, 0.5) is 4.39 Å². The lowest BCUT2D eigenvalue weighted by molar-refractivity contribution is 0.0737. The molecule has 4 heteroatoms. The minimum atomic E-state index is -0.484. The highest BCUT2D eigenvalue weighted by atomic mass is 19.1. The van der Waals surface area contributed by atoms with Gasteiger partial charge in [-0.05, 0) is 25.0 Å². The van der Waals surface area contributed by atoms with Crippen molar-refractivity contribution in [2.24, 2.45) is 0 Å². The summed E-state index contributed by atoms with van der Waals surface area (Å²) in [6.45, 7) is 3.29. The number of nitrogens with zero attached hydrogens (tertiary/aromatic N) is 1. The Morgan fingerprint density at radius 3 is 2.43 bits per heavy atom. The summed E-state index contributed by atoms with van der Waals surface area (Å²) in [6, 6.07) is 6.07. The molecular weight excluding hydrogens is 269 g/mol. The zero-order valence-electron chi connectivity index (χ0n) is 12.9. The van der Waals surface area contributed by atoms with E-state index in [0.29, 0.717) is 19.5 Å². The number of amides is 1. The Morgan fingerprint density at radius 2 is 1.76 bits per heavy atom. The first-order valence-corrected chi connectivity index (χ1v) is 7.85. The van der Waals surface area contributed by atoms with Crippen molar-refractivity contribution < 1.29 is 14.3 Å². The summed E-state index contributed by atoms with van der Waals surface area (Å²) in [7, 11) is 0. The third-order valence-corrected chi connectivity index (χ3v) is 3.51. The van der Waals surface area contributed by atoms with Crippen LogP contribution in [0.15, 0.2) is 24.3 Å². The Balaban J connectivity index is 2.59. The van der Waals surface area contributed by atoms with E-state index in [1.807, 2.05) is 0 Å². The van der Waals surface area contributed by atoms with Gasteiger partial charge in [-0.25, -0.2) is 4.39 Å². The number of hydrogen-bond acceptors (Lipinski definition) is 2. The van der Waals surface area contributed by atoms with Crippen molar-refractivity contribution in [3.8, 4) is 0 Å². The fourth-order valence-electron chi connectivity index (χ4n) is 2.29. The molecule has 0 aliphatic rings. The van der Waals surface area contributed by atoms with Gasteiger partial charge >= 0.3 is 0 Å². The van der Waals surface area contributed by atoms with Crippen LogP contribution in [0.2, 0.25) is 0 Å². The fraction of sp³-hybridized carbons (Fsp3) is 0.588. The predicted molar refractivity (Wildman–Crippen MR) is 82.8 cm³/mol. The van der Waals surface area contributed by atoms with Gasteiger partial charge < -0.3 is 10.0 Å². The average molecular weight is 295 g/mol. The van der Waals surface area contributed by atoms with Crippen LogP contribution in [0.25, 0.3) is 0 Å². The zero-order chi connectivity index (χ0) is 15.5. The van der Waals surface area contributed by atoms with Gasteiger partial charge in [-0.1, -0.05) is 44.7 Å². The van der Waals surface area contributed by atoms with E-state index in [0.717, 1.165) is 19.3 Å². The van der Waals surface area contributed by atoms with Gasteiger partial charge in [0.25, 0.3) is 5.91 Å². The van der Waals surface area contributed by atoms with Crippen molar-refractivity contribution in [1.82, 2.24) is 4.90 Å². The number of aliphatic hydroxyl groups excluding tert-OH is 1. The molecule has 0 saturated carbocycles. The van der Waals surface area contributed by atoms with Gasteiger partial charge in [0.15, 0.2) is 0 Å². The van der Waals surface area contributed by atoms with Crippen LogP contribution in [0, 0.1) is 5.82 Å². The van der Waals surface area contributed by atoms with Crippen molar-refractivity contribution >= 4 is 5.91 Å². The number of unbranched alkanes of at least 4 members (excludes halogenated alkanes) is 4. The standard InChI is InChI=1S/C17H26FNO2/c1-2-3-4-5-8-12-19(13-9-14-20)17(21)15-10-6-7-11-16(15)18/h6-7,10-11,20H,2-5,8-9,12-14H2,1H3. The summed E-state index contributed by atoms with van der Waals surface area (Å²) in [4.78, 5) is 14.0. The third-order valence-electron chi connectivity index (χ3n) is 3.51. The molecule has 0 saturated heterocycles. The molecule has 118 valence electrons. The molecule has 1 aromatic rings. The number of aliphatic hydroxyl groups is 1. The van der Waals surface area contributed by atoms with Crippen LogP contribution in [0.1, 0.15) is 55.8 Å². The zero-order valence-corrected chi connectivity index (χ0v) is 12.9. The topological polar surface area (TPSA) is 40.5 Å². The maximum atomic E-state index is 13.7. The molecule has 1 rings (SSSR count). The van der Waals surface area contributed by atoms with E-state index in [2.05, 4.69) is 6.92 Å². The molecule has 0 radical (unpaired) electrons. The molecule has 0 unspecified atom stereocenters. The lowest BCUT2D eigenvalue weighted by Gasteiger charge is -2.22. The van der Waals surface area contributed by atoms with Gasteiger partial charge in [0.05, 0.1) is 5.56 Å². The molecule has 21 heavy (non-hydrogen) atoms. The van der Waals surface area contributed by atoms with E-state index in [1.54, 1.807) is 17.0 Å². The molecule has 0 heterocycles. The molecule has 0 aliphatic carbocycles. The second-order valence-corrected chi connectivity index (χ2v) is 5.26. The molecule has 1 N–H and O–H groups in total. The number of carbonyl (C=O) groups is 1. The summed E-state index contributed by atoms with van der Waals surface area (Å²) in [5.74, 6) is -0.764. The molecule has 3 nitrogen and oxygen atoms in total. The highest BCUT2D eigenvalue weighted by Gasteiger charge is 2.18. The van der Waals surface area contributed by atoms with Gasteiger partial charge in [-0.15, -0.1) is 0 Å². The lowest BCUT2D eigenvalue weighted by atomic mass is 10.1. The van der Waals surface area contributed by atoms with E-state index in [9.17, 15) is 9.18 Å². The van der Waals surface area contributed by atoms with Crippen LogP contribution in [0.5, 0.6) is 0 Å². The smallest absolute Gasteiger partial charge is 0.256 e. The summed E-state index contributed by atoms with van der Waals surface area (Å²) < 4.78 is 13.7. The van der Waals surface area contributed by atoms with Crippen LogP contribution in [-0.4, -0.2) is 35.6 Å². The van der Waals surface area contributed by atoms with Gasteiger partial charge in [0.2, 0.25) is 0 Å². The predicted octanol–water partition coefficient (Wildman–Crippen LogP) is 3.62. The molecule has 0 aromatic heterocycles. The van der Waals surface area contributed by atoms with Crippen LogP contribution < -0.4 is 0 Å². The van der Waals surface area contributed by atoms with E-state index < -0.39 is 5.82 Å². The molecule has 0 aliphatic heterocycles. The van der Waals surface area contributed by atoms with Crippen LogP contribution >= 0.6 is 0 Å². The SMILES string of the molecule is CCCCCCCN(CCCO)C(=O)c1ccccc1F. The van der Waals surface area contributed by atoms with E-state index in [1.165, 1.54) is 25.0 Å². The quantitative estimate of drug-likeness (QED) is 0.670. The number of carbonyl (C=O) groups excluding carboxylic acids is 1. The monoisotopic (exact) mass is 295 g/mol. The molecule has 1 amide bonds. The second-order valence-electron chi connectivity index (χ2n) is 5.26. The first-order valence-electron chi connectivity index (χ1n) is 7.85. The average Bonchev–Trinajstić information content (AvgIpc) is 2.50. The Kier molecular flexibility index (Phi) is 8.67. The van der Waals surface area contributed by atoms with Crippen molar-refractivity contribution in [2.45, 2.75) is 45.4 Å². The van der Waals surface area contributed by atoms with Crippen molar-refractivity contribution in [2.75, 3.05) is 19.7 Å². The highest BCUT2D eigenvalue weighted by molar-refractivity contribution is 5.94. The fourth-order valence-corrected chi connectivity index (χ4v) is 2.29. The first kappa shape index (κ1) is 17.6. The van der Waals surface area contributed by atoms with E-state index in [4.69, 9.17) is 5.11 Å². The van der Waals surface area contributed by atoms with Crippen molar-refractivity contribution in [1.29, 1.82) is 0 Å². The number of hydrogen-bond donors (Lipinski definition) is 1. The molecule has 1 aromatic carbocycles. The molecule has 0 spiro atoms. The van der Waals surface area contributed by atoms with Gasteiger partial charge in [0, 0.05) is 19.7 Å². The van der Waals surface area contributed by atoms with E-state index >= 15 is 0 Å². The number of rotatable bonds is 10. The Bertz CT molecular complexity index is 423. The molecule has 0 bridgehead atoms. The maximum Gasteiger partial charge on any atom is 0.256 e. The summed E-state index contributed by atoms with van der Waals surface area (Å²) in [6.07, 6.45) is 6.08. The van der Waals surface area contributed by atoms with Gasteiger partial charge in [0.1, 0.15) is 5.82 Å². The first-order chi connectivity index (χ1) is 10.2. The van der Waals surface area contributed by atoms with Gasteiger partial charge in [-0.3, -0.25) is 4.79 Å². The second kappa shape index (κ2) is 10.3. The molecular formula is C17H26FNO2. The van der Waals surface area contributed by atoms with Crippen LogP contribution in [-0.2, 0) is 0 Å². The third kappa shape index (κ3) is 6.25. The number of benzene rings is 1. The Hall–Kier alpha value is -1.42. The highest BCUT2D eigenvalue weighted by Crippen LogP contribution is 2.12. The maximum absolute atomic E-state index is 13.7. The minimum absolute atomic E-state index is 0.0386. The van der Waals surface area contributed by atoms with E-state index in [-0.39, 0.29) is 18.1 Å². The summed E-state index contributed by atoms with van der Waals surface area (Å²) in [5.41, 5.74) is 0.115. The lowest BCUT2D eigenvalue weighted by Crippen LogP contribution is -2.34. The molecule has 0 atom stereocenters. The Morgan fingerprint density at radius 1 is 1.10 bits per heavy atom. The number of halogens is 1.